The topological polar surface area (TPSA) is 67.9 Å². The molecule has 1 saturated heterocycles. The van der Waals surface area contributed by atoms with E-state index in [0.29, 0.717) is 0 Å². The largest absolute Gasteiger partial charge is 0.291 e. The van der Waals surface area contributed by atoms with Crippen LogP contribution in [0, 0.1) is 13.8 Å². The third-order valence-corrected chi connectivity index (χ3v) is 4.94. The van der Waals surface area contributed by atoms with E-state index < -0.39 is 0 Å². The Morgan fingerprint density at radius 2 is 1.08 bits per heavy atom. The summed E-state index contributed by atoms with van der Waals surface area (Å²) >= 11 is 0. The average molecular weight is 348 g/mol. The zero-order valence-corrected chi connectivity index (χ0v) is 14.9. The first-order chi connectivity index (χ1) is 12.7. The van der Waals surface area contributed by atoms with Gasteiger partial charge in [0.2, 0.25) is 0 Å². The van der Waals surface area contributed by atoms with Gasteiger partial charge in [-0.1, -0.05) is 12.1 Å². The third-order valence-electron chi connectivity index (χ3n) is 4.94. The molecule has 0 amide bonds. The van der Waals surface area contributed by atoms with Crippen LogP contribution >= 0.6 is 0 Å². The molecule has 2 aromatic heterocycles. The van der Waals surface area contributed by atoms with Crippen LogP contribution in [0.4, 0.5) is 0 Å². The summed E-state index contributed by atoms with van der Waals surface area (Å²) in [4.78, 5) is 3.85. The van der Waals surface area contributed by atoms with Gasteiger partial charge in [-0.05, 0) is 59.7 Å². The Balaban J connectivity index is 1.38. The van der Waals surface area contributed by atoms with E-state index in [9.17, 15) is 0 Å². The second-order valence-electron chi connectivity index (χ2n) is 6.85. The molecular weight excluding hydrogens is 328 g/mol. The lowest BCUT2D eigenvalue weighted by Gasteiger charge is -2.36. The second kappa shape index (κ2) is 5.69. The molecule has 2 aromatic carbocycles. The van der Waals surface area contributed by atoms with Gasteiger partial charge >= 0.3 is 0 Å². The summed E-state index contributed by atoms with van der Waals surface area (Å²) in [5.41, 5.74) is 6.36. The van der Waals surface area contributed by atoms with Gasteiger partial charge in [0.1, 0.15) is 22.1 Å². The predicted octanol–water partition coefficient (Wildman–Crippen LogP) is 1.38. The summed E-state index contributed by atoms with van der Waals surface area (Å²) in [6, 6.07) is 12.5. The number of rotatable bonds is 2. The fourth-order valence-electron chi connectivity index (χ4n) is 3.52. The van der Waals surface area contributed by atoms with Gasteiger partial charge in [0.05, 0.1) is 26.2 Å². The minimum atomic E-state index is 0.847. The van der Waals surface area contributed by atoms with E-state index in [0.717, 1.165) is 48.2 Å². The molecule has 1 fully saturated rings. The van der Waals surface area contributed by atoms with Crippen molar-refractivity contribution in [3.05, 3.63) is 47.5 Å². The second-order valence-corrected chi connectivity index (χ2v) is 6.85. The van der Waals surface area contributed by atoms with Crippen molar-refractivity contribution in [3.8, 4) is 0 Å². The molecule has 0 radical (unpaired) electrons. The lowest BCUT2D eigenvalue weighted by atomic mass is 10.2. The molecule has 26 heavy (non-hydrogen) atoms. The molecule has 0 spiro atoms. The van der Waals surface area contributed by atoms with Crippen LogP contribution in [0.15, 0.2) is 36.4 Å². The molecule has 132 valence electrons. The number of benzene rings is 2. The summed E-state index contributed by atoms with van der Waals surface area (Å²) in [6.07, 6.45) is 0. The Morgan fingerprint density at radius 1 is 0.654 bits per heavy atom. The van der Waals surface area contributed by atoms with Gasteiger partial charge in [-0.3, -0.25) is 10.0 Å². The number of hydrogen-bond donors (Lipinski definition) is 0. The molecule has 5 rings (SSSR count). The fourth-order valence-corrected chi connectivity index (χ4v) is 3.52. The molecule has 8 heteroatoms. The molecule has 0 N–H and O–H groups in total. The molecule has 1 aliphatic rings. The molecule has 4 aromatic rings. The van der Waals surface area contributed by atoms with E-state index in [4.69, 9.17) is 0 Å². The average Bonchev–Trinajstić information content (AvgIpc) is 3.25. The Morgan fingerprint density at radius 3 is 1.50 bits per heavy atom. The zero-order chi connectivity index (χ0) is 17.7. The normalized spacial score (nSPS) is 15.3. The monoisotopic (exact) mass is 348 g/mol. The molecule has 3 heterocycles. The molecular formula is C18H20N8. The highest BCUT2D eigenvalue weighted by molar-refractivity contribution is 5.76. The zero-order valence-electron chi connectivity index (χ0n) is 14.9. The van der Waals surface area contributed by atoms with Crippen molar-refractivity contribution < 1.29 is 0 Å². The summed E-state index contributed by atoms with van der Waals surface area (Å²) in [6.45, 7) is 7.53. The van der Waals surface area contributed by atoms with E-state index in [1.54, 1.807) is 0 Å². The molecule has 0 bridgehead atoms. The van der Waals surface area contributed by atoms with Crippen LogP contribution in [-0.2, 0) is 0 Å². The summed E-state index contributed by atoms with van der Waals surface area (Å²) in [5.74, 6) is 0. The summed E-state index contributed by atoms with van der Waals surface area (Å²) in [7, 11) is 0. The van der Waals surface area contributed by atoms with E-state index in [-0.39, 0.29) is 0 Å². The van der Waals surface area contributed by atoms with Crippen LogP contribution in [0.1, 0.15) is 11.1 Å². The SMILES string of the molecule is Cc1ccc2c(c1)nnn2N1CCN(n2nnc3cc(C)ccc32)CC1. The van der Waals surface area contributed by atoms with Gasteiger partial charge in [-0.15, -0.1) is 10.2 Å². The number of aryl methyl sites for hydroxylation is 2. The molecule has 8 nitrogen and oxygen atoms in total. The number of hydrogen-bond acceptors (Lipinski definition) is 6. The lowest BCUT2D eigenvalue weighted by molar-refractivity contribution is 0.425. The van der Waals surface area contributed by atoms with Crippen molar-refractivity contribution in [3.63, 3.8) is 0 Å². The maximum absolute atomic E-state index is 4.35. The minimum Gasteiger partial charge on any atom is -0.291 e. The van der Waals surface area contributed by atoms with Crippen LogP contribution in [0.2, 0.25) is 0 Å². The first-order valence-electron chi connectivity index (χ1n) is 8.84. The summed E-state index contributed by atoms with van der Waals surface area (Å²) < 4.78 is 0. The van der Waals surface area contributed by atoms with Crippen LogP contribution in [-0.4, -0.2) is 56.4 Å². The molecule has 0 saturated carbocycles. The van der Waals surface area contributed by atoms with Crippen LogP contribution in [0.3, 0.4) is 0 Å². The van der Waals surface area contributed by atoms with E-state index >= 15 is 0 Å². The van der Waals surface area contributed by atoms with Crippen molar-refractivity contribution in [2.75, 3.05) is 36.2 Å². The Bertz CT molecular complexity index is 999. The highest BCUT2D eigenvalue weighted by Gasteiger charge is 2.21. The van der Waals surface area contributed by atoms with E-state index in [1.165, 1.54) is 11.1 Å². The maximum Gasteiger partial charge on any atom is 0.115 e. The van der Waals surface area contributed by atoms with Gasteiger partial charge < -0.3 is 0 Å². The van der Waals surface area contributed by atoms with Gasteiger partial charge in [-0.2, -0.15) is 9.58 Å². The molecule has 0 aliphatic carbocycles. The highest BCUT2D eigenvalue weighted by atomic mass is 15.8. The standard InChI is InChI=1S/C18H20N8/c1-13-3-5-17-15(11-13)19-21-25(17)23-7-9-24(10-8-23)26-18-6-4-14(2)12-16(18)20-22-26/h3-6,11-12H,7-10H2,1-2H3. The van der Waals surface area contributed by atoms with Crippen molar-refractivity contribution in [1.82, 2.24) is 30.2 Å². The lowest BCUT2D eigenvalue weighted by Crippen LogP contribution is -2.55. The van der Waals surface area contributed by atoms with E-state index in [2.05, 4.69) is 80.9 Å². The summed E-state index contributed by atoms with van der Waals surface area (Å²) in [5, 5.41) is 21.8. The maximum atomic E-state index is 4.35. The minimum absolute atomic E-state index is 0.847. The van der Waals surface area contributed by atoms with Crippen molar-refractivity contribution in [1.29, 1.82) is 0 Å². The van der Waals surface area contributed by atoms with Crippen LogP contribution < -0.4 is 10.0 Å². The fraction of sp³-hybridized carbons (Fsp3) is 0.333. The predicted molar refractivity (Wildman–Crippen MR) is 100 cm³/mol. The van der Waals surface area contributed by atoms with Crippen LogP contribution in [0.25, 0.3) is 22.1 Å². The van der Waals surface area contributed by atoms with Gasteiger partial charge in [-0.25, -0.2) is 0 Å². The van der Waals surface area contributed by atoms with Crippen molar-refractivity contribution in [2.45, 2.75) is 13.8 Å². The highest BCUT2D eigenvalue weighted by Crippen LogP contribution is 2.16. The Hall–Kier alpha value is -3.16. The number of nitrogens with zero attached hydrogens (tertiary/aromatic N) is 8. The van der Waals surface area contributed by atoms with Gasteiger partial charge in [0.15, 0.2) is 0 Å². The van der Waals surface area contributed by atoms with Crippen LogP contribution in [0.5, 0.6) is 0 Å². The molecule has 1 aliphatic heterocycles. The number of piperazine rings is 1. The number of fused-ring (bicyclic) bond motifs is 2. The number of aromatic nitrogens is 6. The third kappa shape index (κ3) is 2.37. The first kappa shape index (κ1) is 15.1. The smallest absolute Gasteiger partial charge is 0.115 e. The molecule has 0 unspecified atom stereocenters. The van der Waals surface area contributed by atoms with Crippen molar-refractivity contribution >= 4 is 22.1 Å². The van der Waals surface area contributed by atoms with E-state index in [1.807, 2.05) is 9.58 Å². The molecule has 0 atom stereocenters. The Labute approximate surface area is 150 Å². The van der Waals surface area contributed by atoms with Crippen molar-refractivity contribution in [2.24, 2.45) is 0 Å². The quantitative estimate of drug-likeness (QED) is 0.545. The van der Waals surface area contributed by atoms with Gasteiger partial charge in [0.25, 0.3) is 0 Å². The van der Waals surface area contributed by atoms with Gasteiger partial charge in [0, 0.05) is 0 Å². The Kier molecular flexibility index (Phi) is 3.31. The first-order valence-corrected chi connectivity index (χ1v) is 8.84.